The number of aromatic nitrogens is 1. The highest BCUT2D eigenvalue weighted by atomic mass is 35.5. The van der Waals surface area contributed by atoms with E-state index < -0.39 is 0 Å². The second kappa shape index (κ2) is 8.42. The van der Waals surface area contributed by atoms with E-state index in [2.05, 4.69) is 10.3 Å². The summed E-state index contributed by atoms with van der Waals surface area (Å²) >= 11 is 5.94. The van der Waals surface area contributed by atoms with E-state index in [1.165, 1.54) is 6.20 Å². The number of halogens is 1. The Morgan fingerprint density at radius 3 is 2.82 bits per heavy atom. The number of carbonyl (C=O) groups is 1. The summed E-state index contributed by atoms with van der Waals surface area (Å²) in [6.45, 7) is 1.86. The van der Waals surface area contributed by atoms with Crippen LogP contribution in [0.2, 0.25) is 5.02 Å². The summed E-state index contributed by atoms with van der Waals surface area (Å²) in [5, 5.41) is 12.2. The molecular weight excluding hydrogens is 376 g/mol. The van der Waals surface area contributed by atoms with Gasteiger partial charge in [0.15, 0.2) is 11.6 Å². The van der Waals surface area contributed by atoms with Crippen LogP contribution in [0.4, 0.5) is 11.5 Å². The molecule has 0 aliphatic heterocycles. The number of pyridine rings is 1. The Morgan fingerprint density at radius 1 is 1.25 bits per heavy atom. The van der Waals surface area contributed by atoms with Gasteiger partial charge >= 0.3 is 0 Å². The molecule has 0 saturated heterocycles. The van der Waals surface area contributed by atoms with E-state index in [-0.39, 0.29) is 17.8 Å². The molecule has 0 aliphatic rings. The molecule has 6 nitrogen and oxygen atoms in total. The Balaban J connectivity index is 1.75. The number of carbonyl (C=O) groups excluding carboxylic acids is 1. The SMILES string of the molecule is C[C@@H](Oc1cc(Cl)cnc1N)c1cccc(NC(=O)c2cccc(C#N)c2)c1. The summed E-state index contributed by atoms with van der Waals surface area (Å²) in [6.07, 6.45) is 1.10. The van der Waals surface area contributed by atoms with E-state index >= 15 is 0 Å². The van der Waals surface area contributed by atoms with Gasteiger partial charge in [-0.2, -0.15) is 5.26 Å². The van der Waals surface area contributed by atoms with Crippen LogP contribution in [0.1, 0.15) is 34.5 Å². The first-order valence-corrected chi connectivity index (χ1v) is 8.83. The van der Waals surface area contributed by atoms with Crippen LogP contribution < -0.4 is 15.8 Å². The van der Waals surface area contributed by atoms with E-state index in [0.29, 0.717) is 27.6 Å². The Hall–Kier alpha value is -3.56. The predicted molar refractivity (Wildman–Crippen MR) is 108 cm³/mol. The van der Waals surface area contributed by atoms with Crippen molar-refractivity contribution in [3.63, 3.8) is 0 Å². The number of rotatable bonds is 5. The molecule has 1 atom stereocenters. The summed E-state index contributed by atoms with van der Waals surface area (Å²) in [6, 6.07) is 17.4. The monoisotopic (exact) mass is 392 g/mol. The third kappa shape index (κ3) is 4.58. The van der Waals surface area contributed by atoms with Crippen LogP contribution >= 0.6 is 11.6 Å². The van der Waals surface area contributed by atoms with Gasteiger partial charge < -0.3 is 15.8 Å². The molecule has 0 radical (unpaired) electrons. The lowest BCUT2D eigenvalue weighted by molar-refractivity contribution is 0.102. The molecule has 0 saturated carbocycles. The average Bonchev–Trinajstić information content (AvgIpc) is 2.71. The normalized spacial score (nSPS) is 11.3. The molecule has 140 valence electrons. The summed E-state index contributed by atoms with van der Waals surface area (Å²) in [5.41, 5.74) is 8.11. The number of ether oxygens (including phenoxy) is 1. The summed E-state index contributed by atoms with van der Waals surface area (Å²) < 4.78 is 5.87. The predicted octanol–water partition coefficient (Wildman–Crippen LogP) is 4.58. The zero-order valence-corrected chi connectivity index (χ0v) is 15.8. The number of benzene rings is 2. The van der Waals surface area contributed by atoms with Gasteiger partial charge in [0.2, 0.25) is 0 Å². The fourth-order valence-corrected chi connectivity index (χ4v) is 2.73. The second-order valence-electron chi connectivity index (χ2n) is 6.07. The van der Waals surface area contributed by atoms with Crippen LogP contribution in [0.3, 0.4) is 0 Å². The molecule has 0 bridgehead atoms. The zero-order valence-electron chi connectivity index (χ0n) is 15.0. The highest BCUT2D eigenvalue weighted by Crippen LogP contribution is 2.29. The van der Waals surface area contributed by atoms with Gasteiger partial charge in [0.25, 0.3) is 5.91 Å². The third-order valence-corrected chi connectivity index (χ3v) is 4.23. The molecule has 3 N–H and O–H groups in total. The summed E-state index contributed by atoms with van der Waals surface area (Å²) in [5.74, 6) is 0.340. The van der Waals surface area contributed by atoms with Crippen LogP contribution in [-0.4, -0.2) is 10.9 Å². The van der Waals surface area contributed by atoms with Crippen molar-refractivity contribution in [3.05, 3.63) is 82.5 Å². The van der Waals surface area contributed by atoms with Crippen LogP contribution in [0.5, 0.6) is 5.75 Å². The molecule has 3 aromatic rings. The number of nitrogens with one attached hydrogen (secondary N) is 1. The molecular formula is C21H17ClN4O2. The Bertz CT molecular complexity index is 1060. The van der Waals surface area contributed by atoms with Crippen LogP contribution in [-0.2, 0) is 0 Å². The number of hydrogen-bond donors (Lipinski definition) is 2. The third-order valence-electron chi connectivity index (χ3n) is 4.02. The van der Waals surface area contributed by atoms with Crippen LogP contribution in [0.15, 0.2) is 60.8 Å². The summed E-state index contributed by atoms with van der Waals surface area (Å²) in [4.78, 5) is 16.4. The number of anilines is 2. The molecule has 7 heteroatoms. The maximum Gasteiger partial charge on any atom is 0.255 e. The first kappa shape index (κ1) is 19.2. The smallest absolute Gasteiger partial charge is 0.255 e. The fourth-order valence-electron chi connectivity index (χ4n) is 2.59. The van der Waals surface area contributed by atoms with E-state index in [1.807, 2.05) is 31.2 Å². The highest BCUT2D eigenvalue weighted by molar-refractivity contribution is 6.30. The van der Waals surface area contributed by atoms with Gasteiger partial charge in [0, 0.05) is 23.5 Å². The quantitative estimate of drug-likeness (QED) is 0.661. The van der Waals surface area contributed by atoms with Crippen molar-refractivity contribution in [3.8, 4) is 11.8 Å². The molecule has 3 rings (SSSR count). The molecule has 0 spiro atoms. The maximum absolute atomic E-state index is 12.4. The van der Waals surface area contributed by atoms with Crippen molar-refractivity contribution in [2.75, 3.05) is 11.1 Å². The second-order valence-corrected chi connectivity index (χ2v) is 6.51. The van der Waals surface area contributed by atoms with Gasteiger partial charge in [-0.1, -0.05) is 29.8 Å². The number of nitriles is 1. The first-order valence-electron chi connectivity index (χ1n) is 8.45. The minimum atomic E-state index is -0.346. The number of nitrogens with two attached hydrogens (primary N) is 1. The van der Waals surface area contributed by atoms with Gasteiger partial charge in [-0.3, -0.25) is 4.79 Å². The maximum atomic E-state index is 12.4. The lowest BCUT2D eigenvalue weighted by Crippen LogP contribution is -2.13. The number of nitrogens with zero attached hydrogens (tertiary/aromatic N) is 2. The minimum Gasteiger partial charge on any atom is -0.482 e. The van der Waals surface area contributed by atoms with E-state index in [0.717, 1.165) is 5.56 Å². The highest BCUT2D eigenvalue weighted by Gasteiger charge is 2.13. The van der Waals surface area contributed by atoms with E-state index in [4.69, 9.17) is 27.3 Å². The fraction of sp³-hybridized carbons (Fsp3) is 0.0952. The largest absolute Gasteiger partial charge is 0.482 e. The molecule has 0 fully saturated rings. The number of hydrogen-bond acceptors (Lipinski definition) is 5. The topological polar surface area (TPSA) is 101 Å². The van der Waals surface area contributed by atoms with Crippen molar-refractivity contribution in [2.45, 2.75) is 13.0 Å². The van der Waals surface area contributed by atoms with Gasteiger partial charge in [-0.05, 0) is 42.8 Å². The number of nitrogen functional groups attached to an aromatic ring is 1. The Labute approximate surface area is 167 Å². The molecule has 1 amide bonds. The van der Waals surface area contributed by atoms with Crippen molar-refractivity contribution in [1.29, 1.82) is 5.26 Å². The number of amides is 1. The van der Waals surface area contributed by atoms with Crippen molar-refractivity contribution >= 4 is 29.0 Å². The van der Waals surface area contributed by atoms with E-state index in [1.54, 1.807) is 36.4 Å². The average molecular weight is 393 g/mol. The molecule has 0 aliphatic carbocycles. The zero-order chi connectivity index (χ0) is 20.1. The molecule has 28 heavy (non-hydrogen) atoms. The minimum absolute atomic E-state index is 0.248. The molecule has 1 heterocycles. The molecule has 0 unspecified atom stereocenters. The molecule has 2 aromatic carbocycles. The lowest BCUT2D eigenvalue weighted by Gasteiger charge is -2.17. The van der Waals surface area contributed by atoms with E-state index in [9.17, 15) is 4.79 Å². The summed E-state index contributed by atoms with van der Waals surface area (Å²) in [7, 11) is 0. The van der Waals surface area contributed by atoms with Gasteiger partial charge in [0.05, 0.1) is 16.7 Å². The van der Waals surface area contributed by atoms with Gasteiger partial charge in [-0.15, -0.1) is 0 Å². The first-order chi connectivity index (χ1) is 13.5. The standard InChI is InChI=1S/C21H17ClN4O2/c1-13(28-19-10-17(22)12-25-20(19)24)15-5-3-7-18(9-15)26-21(27)16-6-2-4-14(8-16)11-23/h2-10,12-13H,1H3,(H2,24,25)(H,26,27)/t13-/m1/s1. The van der Waals surface area contributed by atoms with Crippen molar-refractivity contribution in [2.24, 2.45) is 0 Å². The van der Waals surface area contributed by atoms with Gasteiger partial charge in [-0.25, -0.2) is 4.98 Å². The Morgan fingerprint density at radius 2 is 2.04 bits per heavy atom. The molecule has 1 aromatic heterocycles. The lowest BCUT2D eigenvalue weighted by atomic mass is 10.1. The van der Waals surface area contributed by atoms with Crippen molar-refractivity contribution in [1.82, 2.24) is 4.98 Å². The van der Waals surface area contributed by atoms with Gasteiger partial charge in [0.1, 0.15) is 6.10 Å². The van der Waals surface area contributed by atoms with Crippen LogP contribution in [0.25, 0.3) is 0 Å². The van der Waals surface area contributed by atoms with Crippen molar-refractivity contribution < 1.29 is 9.53 Å². The van der Waals surface area contributed by atoms with Crippen LogP contribution in [0, 0.1) is 11.3 Å². The Kier molecular flexibility index (Phi) is 5.78.